The number of Topliss-reactive ketones (excluding diaryl/α,β-unsaturated/α-hetero) is 1. The van der Waals surface area contributed by atoms with Crippen LogP contribution in [0.4, 0.5) is 4.79 Å². The topological polar surface area (TPSA) is 110 Å². The summed E-state index contributed by atoms with van der Waals surface area (Å²) in [7, 11) is -3.85. The third-order valence-electron chi connectivity index (χ3n) is 11.5. The summed E-state index contributed by atoms with van der Waals surface area (Å²) in [6.07, 6.45) is 7.67. The first-order valence-electron chi connectivity index (χ1n) is 14.7. The van der Waals surface area contributed by atoms with Crippen LogP contribution < -0.4 is 4.72 Å². The minimum absolute atomic E-state index is 0.0117. The fraction of sp³-hybridized carbons (Fsp3) is 0.833. The number of nitrogens with one attached hydrogen (secondary N) is 1. The van der Waals surface area contributed by atoms with Crippen molar-refractivity contribution in [1.82, 2.24) is 9.62 Å². The van der Waals surface area contributed by atoms with Crippen LogP contribution in [0.3, 0.4) is 0 Å². The zero-order valence-electron chi connectivity index (χ0n) is 24.5. The second kappa shape index (κ2) is 8.56. The van der Waals surface area contributed by atoms with Gasteiger partial charge >= 0.3 is 6.09 Å². The van der Waals surface area contributed by atoms with Crippen LogP contribution in [0.15, 0.2) is 12.7 Å². The molecule has 9 heteroatoms. The molecule has 1 aliphatic heterocycles. The van der Waals surface area contributed by atoms with Crippen LogP contribution in [0, 0.1) is 27.6 Å². The number of likely N-dealkylation sites (tertiary alicyclic amines) is 1. The molecule has 5 fully saturated rings. The molecule has 2 spiro atoms. The van der Waals surface area contributed by atoms with E-state index < -0.39 is 43.8 Å². The van der Waals surface area contributed by atoms with E-state index in [4.69, 9.17) is 4.74 Å². The predicted octanol–water partition coefficient (Wildman–Crippen LogP) is 5.12. The van der Waals surface area contributed by atoms with Crippen LogP contribution in [0.1, 0.15) is 106 Å². The van der Waals surface area contributed by atoms with Gasteiger partial charge in [-0.2, -0.15) is 0 Å². The van der Waals surface area contributed by atoms with E-state index in [0.717, 1.165) is 25.7 Å². The summed E-state index contributed by atoms with van der Waals surface area (Å²) in [6.45, 7) is 16.2. The Hall–Kier alpha value is -1.90. The van der Waals surface area contributed by atoms with Crippen LogP contribution in [0.25, 0.3) is 0 Å². The summed E-state index contributed by atoms with van der Waals surface area (Å²) in [5.41, 5.74) is -1.84. The summed E-state index contributed by atoms with van der Waals surface area (Å²) >= 11 is 0. The zero-order chi connectivity index (χ0) is 28.9. The molecule has 5 aliphatic rings. The lowest BCUT2D eigenvalue weighted by Crippen LogP contribution is -2.47. The van der Waals surface area contributed by atoms with Crippen molar-refractivity contribution in [1.29, 1.82) is 0 Å². The molecule has 0 radical (unpaired) electrons. The van der Waals surface area contributed by atoms with Gasteiger partial charge in [-0.25, -0.2) is 13.2 Å². The Bertz CT molecular complexity index is 1210. The number of hydrogen-bond acceptors (Lipinski definition) is 6. The fourth-order valence-corrected chi connectivity index (χ4v) is 10.4. The number of carbonyl (C=O) groups is 3. The SMILES string of the molecule is C=C[C@@H]1C[C@]1(CC(=O)[C@@H]1C[C@@]2(CN1C(=O)OC(C)(C)C)C(C)(C)C21CCC1)C(=O)NS(=O)(=O)C1(CCC)CC1. The summed E-state index contributed by atoms with van der Waals surface area (Å²) < 4.78 is 33.6. The third kappa shape index (κ3) is 3.95. The Balaban J connectivity index is 1.38. The van der Waals surface area contributed by atoms with Gasteiger partial charge in [-0.1, -0.05) is 39.7 Å². The number of amides is 2. The van der Waals surface area contributed by atoms with Gasteiger partial charge in [-0.05, 0) is 82.5 Å². The van der Waals surface area contributed by atoms with Gasteiger partial charge in [0.15, 0.2) is 5.78 Å². The Kier molecular flexibility index (Phi) is 6.28. The quantitative estimate of drug-likeness (QED) is 0.391. The number of sulfonamides is 1. The van der Waals surface area contributed by atoms with Gasteiger partial charge < -0.3 is 4.74 Å². The lowest BCUT2D eigenvalue weighted by atomic mass is 9.73. The molecule has 0 aromatic carbocycles. The first-order chi connectivity index (χ1) is 18.0. The highest BCUT2D eigenvalue weighted by Crippen LogP contribution is 2.88. The van der Waals surface area contributed by atoms with Crippen molar-refractivity contribution < 1.29 is 27.5 Å². The van der Waals surface area contributed by atoms with Crippen molar-refractivity contribution in [3.8, 4) is 0 Å². The molecule has 8 nitrogen and oxygen atoms in total. The molecule has 4 aliphatic carbocycles. The average molecular weight is 563 g/mol. The first-order valence-corrected chi connectivity index (χ1v) is 16.2. The summed E-state index contributed by atoms with van der Waals surface area (Å²) in [5.74, 6) is -1.08. The van der Waals surface area contributed by atoms with E-state index in [-0.39, 0.29) is 34.4 Å². The maximum atomic E-state index is 14.1. The molecule has 0 bridgehead atoms. The summed E-state index contributed by atoms with van der Waals surface area (Å²) in [4.78, 5) is 42.6. The summed E-state index contributed by atoms with van der Waals surface area (Å²) in [6, 6.07) is -0.693. The van der Waals surface area contributed by atoms with Crippen molar-refractivity contribution in [2.24, 2.45) is 27.6 Å². The molecule has 218 valence electrons. The number of hydrogen-bond donors (Lipinski definition) is 1. The van der Waals surface area contributed by atoms with E-state index >= 15 is 0 Å². The zero-order valence-corrected chi connectivity index (χ0v) is 25.3. The lowest BCUT2D eigenvalue weighted by Gasteiger charge is -2.32. The van der Waals surface area contributed by atoms with Crippen LogP contribution in [0.2, 0.25) is 0 Å². The van der Waals surface area contributed by atoms with Gasteiger partial charge in [-0.3, -0.25) is 19.2 Å². The number of ether oxygens (including phenoxy) is 1. The van der Waals surface area contributed by atoms with Gasteiger partial charge in [0.25, 0.3) is 0 Å². The van der Waals surface area contributed by atoms with Crippen molar-refractivity contribution in [3.63, 3.8) is 0 Å². The Morgan fingerprint density at radius 2 is 1.72 bits per heavy atom. The maximum Gasteiger partial charge on any atom is 0.410 e. The Morgan fingerprint density at radius 3 is 2.15 bits per heavy atom. The Labute approximate surface area is 233 Å². The molecule has 4 saturated carbocycles. The minimum atomic E-state index is -3.85. The van der Waals surface area contributed by atoms with Gasteiger partial charge in [-0.15, -0.1) is 6.58 Å². The van der Waals surface area contributed by atoms with Crippen LogP contribution in [-0.4, -0.2) is 54.0 Å². The van der Waals surface area contributed by atoms with Gasteiger partial charge in [0.2, 0.25) is 15.9 Å². The normalized spacial score (nSPS) is 34.8. The van der Waals surface area contributed by atoms with Crippen LogP contribution in [0.5, 0.6) is 0 Å². The largest absolute Gasteiger partial charge is 0.444 e. The van der Waals surface area contributed by atoms with Crippen LogP contribution in [-0.2, 0) is 24.3 Å². The molecule has 5 rings (SSSR count). The molecule has 1 heterocycles. The first kappa shape index (κ1) is 28.6. The van der Waals surface area contributed by atoms with E-state index in [1.54, 1.807) is 11.0 Å². The van der Waals surface area contributed by atoms with Gasteiger partial charge in [0.1, 0.15) is 5.60 Å². The summed E-state index contributed by atoms with van der Waals surface area (Å²) in [5, 5.41) is 0. The average Bonchev–Trinajstić information content (AvgIpc) is 3.70. The van der Waals surface area contributed by atoms with Crippen molar-refractivity contribution in [2.45, 2.75) is 122 Å². The molecule has 4 atom stereocenters. The molecule has 2 amide bonds. The minimum Gasteiger partial charge on any atom is -0.444 e. The predicted molar refractivity (Wildman–Crippen MR) is 148 cm³/mol. The number of ketones is 1. The van der Waals surface area contributed by atoms with E-state index in [1.807, 2.05) is 27.7 Å². The number of fused-ring (bicyclic) bond motifs is 1. The molecule has 39 heavy (non-hydrogen) atoms. The molecule has 0 unspecified atom stereocenters. The Morgan fingerprint density at radius 1 is 1.08 bits per heavy atom. The molecule has 0 aromatic rings. The van der Waals surface area contributed by atoms with E-state index in [1.165, 1.54) is 0 Å². The number of carbonyl (C=O) groups excluding carboxylic acids is 3. The maximum absolute atomic E-state index is 14.1. The molecule has 1 saturated heterocycles. The van der Waals surface area contributed by atoms with E-state index in [9.17, 15) is 22.8 Å². The van der Waals surface area contributed by atoms with E-state index in [0.29, 0.717) is 38.6 Å². The monoisotopic (exact) mass is 562 g/mol. The smallest absolute Gasteiger partial charge is 0.410 e. The molecular formula is C30H46N2O6S. The molecular weight excluding hydrogens is 516 g/mol. The van der Waals surface area contributed by atoms with Crippen LogP contribution >= 0.6 is 0 Å². The highest BCUT2D eigenvalue weighted by Gasteiger charge is 2.85. The van der Waals surface area contributed by atoms with Crippen molar-refractivity contribution >= 4 is 27.8 Å². The standard InChI is InChI=1S/C30H46N2O6S/c1-8-11-27(14-15-27)39(36,37)31-23(34)28(16-20(28)9-2)18-22(33)21-17-30(26(6,7)29(30)12-10-13-29)19-32(21)24(35)38-25(3,4)5/h9,20-21H,2,8,10-19H2,1,3-7H3,(H,31,34)/t20-,21+,28-,30-/m1/s1. The van der Waals surface area contributed by atoms with Crippen molar-refractivity contribution in [3.05, 3.63) is 12.7 Å². The highest BCUT2D eigenvalue weighted by molar-refractivity contribution is 7.91. The fourth-order valence-electron chi connectivity index (χ4n) is 8.59. The molecule has 1 N–H and O–H groups in total. The lowest BCUT2D eigenvalue weighted by molar-refractivity contribution is -0.131. The van der Waals surface area contributed by atoms with E-state index in [2.05, 4.69) is 25.1 Å². The third-order valence-corrected chi connectivity index (χ3v) is 13.7. The second-order valence-electron chi connectivity index (χ2n) is 14.7. The van der Waals surface area contributed by atoms with Gasteiger partial charge in [0.05, 0.1) is 16.2 Å². The molecule has 0 aromatic heterocycles. The van der Waals surface area contributed by atoms with Gasteiger partial charge in [0, 0.05) is 18.4 Å². The highest BCUT2D eigenvalue weighted by atomic mass is 32.2. The number of nitrogens with zero attached hydrogens (tertiary/aromatic N) is 1. The second-order valence-corrected chi connectivity index (χ2v) is 16.8. The van der Waals surface area contributed by atoms with Crippen molar-refractivity contribution in [2.75, 3.05) is 6.54 Å². The number of rotatable bonds is 9. The number of allylic oxidation sites excluding steroid dienone is 1.